The summed E-state index contributed by atoms with van der Waals surface area (Å²) in [7, 11) is 0. The van der Waals surface area contributed by atoms with Gasteiger partial charge in [-0.3, -0.25) is 0 Å². The van der Waals surface area contributed by atoms with Crippen LogP contribution in [0.5, 0.6) is 0 Å². The highest BCUT2D eigenvalue weighted by molar-refractivity contribution is 5.74. The maximum atomic E-state index is 2.28. The van der Waals surface area contributed by atoms with Crippen LogP contribution in [-0.2, 0) is 0 Å². The summed E-state index contributed by atoms with van der Waals surface area (Å²) in [5.41, 5.74) is 9.01. The summed E-state index contributed by atoms with van der Waals surface area (Å²) in [6, 6.07) is 24.3. The highest BCUT2D eigenvalue weighted by Gasteiger charge is 2.03. The molecule has 0 saturated heterocycles. The van der Waals surface area contributed by atoms with Crippen LogP contribution < -0.4 is 0 Å². The Kier molecular flexibility index (Phi) is 3.62. The van der Waals surface area contributed by atoms with Crippen LogP contribution in [0.1, 0.15) is 16.7 Å². The van der Waals surface area contributed by atoms with Gasteiger partial charge in [0.05, 0.1) is 0 Å². The van der Waals surface area contributed by atoms with E-state index in [0.29, 0.717) is 0 Å². The van der Waals surface area contributed by atoms with E-state index >= 15 is 0 Å². The van der Waals surface area contributed by atoms with Gasteiger partial charge in [0, 0.05) is 0 Å². The molecule has 0 heteroatoms. The van der Waals surface area contributed by atoms with Crippen molar-refractivity contribution in [3.05, 3.63) is 83.4 Å². The summed E-state index contributed by atoms with van der Waals surface area (Å²) < 4.78 is 0. The van der Waals surface area contributed by atoms with Crippen molar-refractivity contribution in [2.75, 3.05) is 0 Å². The van der Waals surface area contributed by atoms with Crippen LogP contribution in [0, 0.1) is 20.8 Å². The Morgan fingerprint density at radius 2 is 0.762 bits per heavy atom. The fourth-order valence-corrected chi connectivity index (χ4v) is 2.61. The molecule has 104 valence electrons. The first-order chi connectivity index (χ1) is 10.1. The maximum absolute atomic E-state index is 2.28. The Bertz CT molecular complexity index is 683. The second kappa shape index (κ2) is 5.57. The molecule has 0 atom stereocenters. The molecular formula is C21H20. The average molecular weight is 272 g/mol. The lowest BCUT2D eigenvalue weighted by atomic mass is 9.96. The quantitative estimate of drug-likeness (QED) is 0.541. The average Bonchev–Trinajstić information content (AvgIpc) is 2.48. The van der Waals surface area contributed by atoms with Crippen LogP contribution in [0.3, 0.4) is 0 Å². The largest absolute Gasteiger partial charge is 0.0587 e. The highest BCUT2D eigenvalue weighted by Crippen LogP contribution is 2.28. The summed E-state index contributed by atoms with van der Waals surface area (Å²) in [4.78, 5) is 0. The van der Waals surface area contributed by atoms with Crippen LogP contribution in [-0.4, -0.2) is 0 Å². The summed E-state index contributed by atoms with van der Waals surface area (Å²) in [6.07, 6.45) is 0. The fraction of sp³-hybridized carbons (Fsp3) is 0.143. The van der Waals surface area contributed by atoms with E-state index in [-0.39, 0.29) is 0 Å². The molecule has 0 fully saturated rings. The van der Waals surface area contributed by atoms with Gasteiger partial charge in [-0.2, -0.15) is 0 Å². The van der Waals surface area contributed by atoms with Crippen LogP contribution >= 0.6 is 0 Å². The van der Waals surface area contributed by atoms with E-state index in [1.54, 1.807) is 0 Å². The maximum Gasteiger partial charge on any atom is -0.0175 e. The number of aryl methyl sites for hydroxylation is 3. The van der Waals surface area contributed by atoms with Crippen molar-refractivity contribution in [1.29, 1.82) is 0 Å². The minimum absolute atomic E-state index is 1.28. The molecule has 0 aromatic heterocycles. The van der Waals surface area contributed by atoms with Gasteiger partial charge >= 0.3 is 0 Å². The van der Waals surface area contributed by atoms with E-state index in [9.17, 15) is 0 Å². The third-order valence-electron chi connectivity index (χ3n) is 3.85. The smallest absolute Gasteiger partial charge is 0.0175 e. The number of rotatable bonds is 2. The van der Waals surface area contributed by atoms with E-state index in [0.717, 1.165) is 0 Å². The lowest BCUT2D eigenvalue weighted by Crippen LogP contribution is -1.85. The van der Waals surface area contributed by atoms with Crippen LogP contribution in [0.4, 0.5) is 0 Å². The van der Waals surface area contributed by atoms with Gasteiger partial charge in [0.1, 0.15) is 0 Å². The zero-order valence-electron chi connectivity index (χ0n) is 12.9. The Hall–Kier alpha value is -2.34. The second-order valence-electron chi connectivity index (χ2n) is 5.82. The van der Waals surface area contributed by atoms with Crippen molar-refractivity contribution in [1.82, 2.24) is 0 Å². The Balaban J connectivity index is 2.07. The Labute approximate surface area is 127 Å². The molecule has 0 aliphatic carbocycles. The van der Waals surface area contributed by atoms with Gasteiger partial charge in [-0.1, -0.05) is 71.8 Å². The summed E-state index contributed by atoms with van der Waals surface area (Å²) >= 11 is 0. The van der Waals surface area contributed by atoms with E-state index in [1.807, 2.05) is 0 Å². The topological polar surface area (TPSA) is 0 Å². The molecule has 21 heavy (non-hydrogen) atoms. The third kappa shape index (κ3) is 3.05. The van der Waals surface area contributed by atoms with Crippen molar-refractivity contribution in [3.63, 3.8) is 0 Å². The number of hydrogen-bond donors (Lipinski definition) is 0. The highest BCUT2D eigenvalue weighted by atomic mass is 14.1. The first-order valence-electron chi connectivity index (χ1n) is 7.37. The minimum atomic E-state index is 1.28. The van der Waals surface area contributed by atoms with Crippen molar-refractivity contribution in [2.45, 2.75) is 20.8 Å². The molecule has 0 saturated carbocycles. The second-order valence-corrected chi connectivity index (χ2v) is 5.82. The standard InChI is InChI=1S/C21H20/c1-15-4-8-18(9-5-15)20-12-17(3)13-21(14-20)19-10-6-16(2)7-11-19/h4-14H,1-3H3. The monoisotopic (exact) mass is 272 g/mol. The first kappa shape index (κ1) is 13.6. The summed E-state index contributed by atoms with van der Waals surface area (Å²) in [6.45, 7) is 6.41. The van der Waals surface area contributed by atoms with Gasteiger partial charge in [0.15, 0.2) is 0 Å². The number of benzene rings is 3. The van der Waals surface area contributed by atoms with Crippen molar-refractivity contribution < 1.29 is 0 Å². The van der Waals surface area contributed by atoms with Gasteiger partial charge in [0.2, 0.25) is 0 Å². The molecule has 0 heterocycles. The molecule has 0 spiro atoms. The van der Waals surface area contributed by atoms with Crippen LogP contribution in [0.2, 0.25) is 0 Å². The molecule has 3 aromatic rings. The lowest BCUT2D eigenvalue weighted by molar-refractivity contribution is 1.43. The molecule has 0 aliphatic heterocycles. The molecule has 0 aliphatic rings. The molecule has 3 rings (SSSR count). The van der Waals surface area contributed by atoms with Crippen molar-refractivity contribution >= 4 is 0 Å². The normalized spacial score (nSPS) is 10.6. The molecule has 0 unspecified atom stereocenters. The van der Waals surface area contributed by atoms with Gasteiger partial charge in [-0.25, -0.2) is 0 Å². The SMILES string of the molecule is Cc1ccc(-c2cc(C)cc(-c3ccc(C)cc3)c2)cc1. The molecule has 3 aromatic carbocycles. The molecular weight excluding hydrogens is 252 g/mol. The van der Waals surface area contributed by atoms with E-state index < -0.39 is 0 Å². The molecule has 0 nitrogen and oxygen atoms in total. The Morgan fingerprint density at radius 1 is 0.381 bits per heavy atom. The van der Waals surface area contributed by atoms with Crippen molar-refractivity contribution in [2.24, 2.45) is 0 Å². The summed E-state index contributed by atoms with van der Waals surface area (Å²) in [5, 5.41) is 0. The molecule has 0 N–H and O–H groups in total. The van der Waals surface area contributed by atoms with E-state index in [4.69, 9.17) is 0 Å². The number of hydrogen-bond acceptors (Lipinski definition) is 0. The zero-order chi connectivity index (χ0) is 14.8. The van der Waals surface area contributed by atoms with Gasteiger partial charge in [-0.05, 0) is 54.7 Å². The minimum Gasteiger partial charge on any atom is -0.0587 e. The van der Waals surface area contributed by atoms with Gasteiger partial charge < -0.3 is 0 Å². The molecule has 0 radical (unpaired) electrons. The van der Waals surface area contributed by atoms with Crippen LogP contribution in [0.15, 0.2) is 66.7 Å². The van der Waals surface area contributed by atoms with Crippen molar-refractivity contribution in [3.8, 4) is 22.3 Å². The zero-order valence-corrected chi connectivity index (χ0v) is 12.9. The first-order valence-corrected chi connectivity index (χ1v) is 7.37. The lowest BCUT2D eigenvalue weighted by Gasteiger charge is -2.09. The molecule has 0 amide bonds. The predicted molar refractivity (Wildman–Crippen MR) is 91.5 cm³/mol. The summed E-state index contributed by atoms with van der Waals surface area (Å²) in [5.74, 6) is 0. The Morgan fingerprint density at radius 3 is 1.14 bits per heavy atom. The molecule has 0 bridgehead atoms. The van der Waals surface area contributed by atoms with E-state index in [2.05, 4.69) is 87.5 Å². The third-order valence-corrected chi connectivity index (χ3v) is 3.85. The van der Waals surface area contributed by atoms with Gasteiger partial charge in [0.25, 0.3) is 0 Å². The van der Waals surface area contributed by atoms with Gasteiger partial charge in [-0.15, -0.1) is 0 Å². The van der Waals surface area contributed by atoms with E-state index in [1.165, 1.54) is 38.9 Å². The fourth-order valence-electron chi connectivity index (χ4n) is 2.61. The predicted octanol–water partition coefficient (Wildman–Crippen LogP) is 5.95. The van der Waals surface area contributed by atoms with Crippen LogP contribution in [0.25, 0.3) is 22.3 Å².